The maximum atomic E-state index is 5.22. The number of nitrogens with zero attached hydrogens (tertiary/aromatic N) is 1. The third kappa shape index (κ3) is 3.22. The van der Waals surface area contributed by atoms with Gasteiger partial charge in [-0.2, -0.15) is 11.8 Å². The lowest BCUT2D eigenvalue weighted by Crippen LogP contribution is -2.34. The van der Waals surface area contributed by atoms with Gasteiger partial charge in [0.05, 0.1) is 0 Å². The minimum absolute atomic E-state index is 1.10. The Labute approximate surface area is 82.3 Å². The summed E-state index contributed by atoms with van der Waals surface area (Å²) in [6, 6.07) is 0. The molecule has 1 nitrogen and oxygen atoms in total. The zero-order chi connectivity index (χ0) is 8.10. The van der Waals surface area contributed by atoms with E-state index in [1.807, 2.05) is 23.5 Å². The van der Waals surface area contributed by atoms with Crippen molar-refractivity contribution in [2.24, 2.45) is 0 Å². The fourth-order valence-corrected chi connectivity index (χ4v) is 2.65. The van der Waals surface area contributed by atoms with Crippen LogP contribution in [-0.2, 0) is 0 Å². The quantitative estimate of drug-likeness (QED) is 0.652. The van der Waals surface area contributed by atoms with Crippen LogP contribution in [0.15, 0.2) is 0 Å². The van der Waals surface area contributed by atoms with Crippen molar-refractivity contribution in [3.8, 4) is 0 Å². The molecule has 0 atom stereocenters. The van der Waals surface area contributed by atoms with E-state index < -0.39 is 0 Å². The number of thiocarbonyl (C=S) groups is 1. The maximum absolute atomic E-state index is 5.22. The van der Waals surface area contributed by atoms with Crippen LogP contribution >= 0.6 is 35.7 Å². The Hall–Kier alpha value is 0.590. The molecule has 0 aromatic carbocycles. The van der Waals surface area contributed by atoms with Crippen LogP contribution in [0.3, 0.4) is 0 Å². The van der Waals surface area contributed by atoms with Gasteiger partial charge in [-0.15, -0.1) is 0 Å². The summed E-state index contributed by atoms with van der Waals surface area (Å²) in [6.07, 6.45) is 3.43. The first kappa shape index (κ1) is 9.68. The largest absolute Gasteiger partial charge is 0.357 e. The second kappa shape index (κ2) is 5.27. The Kier molecular flexibility index (Phi) is 4.64. The van der Waals surface area contributed by atoms with Gasteiger partial charge in [0, 0.05) is 24.6 Å². The molecular weight excluding hydrogens is 194 g/mol. The van der Waals surface area contributed by atoms with Crippen molar-refractivity contribution in [1.82, 2.24) is 4.90 Å². The Morgan fingerprint density at radius 2 is 2.55 bits per heavy atom. The van der Waals surface area contributed by atoms with E-state index in [1.165, 1.54) is 24.5 Å². The molecule has 1 rings (SSSR count). The molecule has 0 aromatic heterocycles. The minimum atomic E-state index is 1.10. The predicted octanol–water partition coefficient (Wildman–Crippen LogP) is 2.07. The summed E-state index contributed by atoms with van der Waals surface area (Å²) in [5.74, 6) is 2.41. The molecule has 0 radical (unpaired) electrons. The highest BCUT2D eigenvalue weighted by atomic mass is 32.2. The minimum Gasteiger partial charge on any atom is -0.357 e. The lowest BCUT2D eigenvalue weighted by atomic mass is 10.4. The summed E-state index contributed by atoms with van der Waals surface area (Å²) < 4.78 is 1.10. The second-order valence-corrected chi connectivity index (χ2v) is 5.16. The molecular formula is C7H13NS3. The topological polar surface area (TPSA) is 3.24 Å². The van der Waals surface area contributed by atoms with Gasteiger partial charge in [0.25, 0.3) is 0 Å². The number of rotatable bonds is 3. The molecule has 4 heteroatoms. The van der Waals surface area contributed by atoms with Crippen LogP contribution in [0.4, 0.5) is 0 Å². The van der Waals surface area contributed by atoms with Crippen molar-refractivity contribution in [2.75, 3.05) is 30.9 Å². The van der Waals surface area contributed by atoms with Crippen molar-refractivity contribution in [1.29, 1.82) is 0 Å². The van der Waals surface area contributed by atoms with Gasteiger partial charge in [-0.3, -0.25) is 0 Å². The third-order valence-electron chi connectivity index (χ3n) is 1.62. The van der Waals surface area contributed by atoms with Crippen molar-refractivity contribution in [3.05, 3.63) is 0 Å². The van der Waals surface area contributed by atoms with Crippen molar-refractivity contribution >= 4 is 40.1 Å². The number of hydrogen-bond acceptors (Lipinski definition) is 3. The summed E-state index contributed by atoms with van der Waals surface area (Å²) in [7, 11) is 0. The van der Waals surface area contributed by atoms with Crippen LogP contribution < -0.4 is 0 Å². The van der Waals surface area contributed by atoms with Gasteiger partial charge in [0.1, 0.15) is 4.32 Å². The smallest absolute Gasteiger partial charge is 0.136 e. The van der Waals surface area contributed by atoms with Gasteiger partial charge in [0.15, 0.2) is 0 Å². The lowest BCUT2D eigenvalue weighted by Gasteiger charge is -2.28. The van der Waals surface area contributed by atoms with Crippen LogP contribution in [0.2, 0.25) is 0 Å². The highest BCUT2D eigenvalue weighted by Gasteiger charge is 2.13. The van der Waals surface area contributed by atoms with E-state index in [0.29, 0.717) is 0 Å². The molecule has 0 aliphatic carbocycles. The Bertz CT molecular complexity index is 138. The molecule has 0 amide bonds. The van der Waals surface area contributed by atoms with Gasteiger partial charge in [0.2, 0.25) is 0 Å². The molecule has 1 aliphatic heterocycles. The van der Waals surface area contributed by atoms with E-state index in [0.717, 1.165) is 10.9 Å². The van der Waals surface area contributed by atoms with E-state index >= 15 is 0 Å². The molecule has 1 heterocycles. The fraction of sp³-hybridized carbons (Fsp3) is 0.857. The third-order valence-corrected chi connectivity index (χ3v) is 3.82. The molecule has 0 bridgehead atoms. The Morgan fingerprint density at radius 3 is 3.18 bits per heavy atom. The lowest BCUT2D eigenvalue weighted by molar-refractivity contribution is 0.454. The summed E-state index contributed by atoms with van der Waals surface area (Å²) in [5, 5.41) is 0. The van der Waals surface area contributed by atoms with Gasteiger partial charge in [-0.1, -0.05) is 24.0 Å². The van der Waals surface area contributed by atoms with Crippen LogP contribution in [0.1, 0.15) is 6.42 Å². The van der Waals surface area contributed by atoms with E-state index in [1.54, 1.807) is 0 Å². The van der Waals surface area contributed by atoms with Crippen LogP contribution in [-0.4, -0.2) is 40.1 Å². The van der Waals surface area contributed by atoms with E-state index in [2.05, 4.69) is 11.2 Å². The molecule has 1 fully saturated rings. The van der Waals surface area contributed by atoms with Crippen molar-refractivity contribution in [3.63, 3.8) is 0 Å². The molecule has 0 spiro atoms. The highest BCUT2D eigenvalue weighted by Crippen LogP contribution is 2.17. The second-order valence-electron chi connectivity index (χ2n) is 2.45. The molecule has 0 saturated carbocycles. The average Bonchev–Trinajstić information content (AvgIpc) is 2.03. The standard InChI is InChI=1S/C7H13NS3/c1-10-6-4-8-3-2-5-11-7(8)9/h2-6H2,1H3. The molecule has 11 heavy (non-hydrogen) atoms. The SMILES string of the molecule is CSCCN1CCCSC1=S. The van der Waals surface area contributed by atoms with Gasteiger partial charge in [-0.25, -0.2) is 0 Å². The van der Waals surface area contributed by atoms with Crippen LogP contribution in [0, 0.1) is 0 Å². The predicted molar refractivity (Wildman–Crippen MR) is 59.6 cm³/mol. The van der Waals surface area contributed by atoms with E-state index in [9.17, 15) is 0 Å². The monoisotopic (exact) mass is 207 g/mol. The van der Waals surface area contributed by atoms with Crippen LogP contribution in [0.5, 0.6) is 0 Å². The molecule has 1 aliphatic rings. The molecule has 64 valence electrons. The average molecular weight is 207 g/mol. The number of hydrogen-bond donors (Lipinski definition) is 0. The molecule has 0 aromatic rings. The maximum Gasteiger partial charge on any atom is 0.136 e. The summed E-state index contributed by atoms with van der Waals surface area (Å²) in [6.45, 7) is 2.30. The number of thioether (sulfide) groups is 2. The van der Waals surface area contributed by atoms with Gasteiger partial charge in [-0.05, 0) is 12.7 Å². The van der Waals surface area contributed by atoms with Gasteiger partial charge < -0.3 is 4.90 Å². The molecule has 0 N–H and O–H groups in total. The Balaban J connectivity index is 2.24. The summed E-state index contributed by atoms with van der Waals surface area (Å²) in [4.78, 5) is 2.32. The normalized spacial score (nSPS) is 19.0. The van der Waals surface area contributed by atoms with Crippen molar-refractivity contribution in [2.45, 2.75) is 6.42 Å². The van der Waals surface area contributed by atoms with Crippen molar-refractivity contribution < 1.29 is 0 Å². The molecule has 0 unspecified atom stereocenters. The van der Waals surface area contributed by atoms with E-state index in [-0.39, 0.29) is 0 Å². The zero-order valence-electron chi connectivity index (χ0n) is 6.71. The van der Waals surface area contributed by atoms with E-state index in [4.69, 9.17) is 12.2 Å². The van der Waals surface area contributed by atoms with Gasteiger partial charge >= 0.3 is 0 Å². The summed E-state index contributed by atoms with van der Waals surface area (Å²) >= 11 is 8.93. The fourth-order valence-electron chi connectivity index (χ4n) is 1.00. The zero-order valence-corrected chi connectivity index (χ0v) is 9.16. The Morgan fingerprint density at radius 1 is 1.73 bits per heavy atom. The first-order chi connectivity index (χ1) is 5.34. The molecule has 1 saturated heterocycles. The first-order valence-electron chi connectivity index (χ1n) is 3.75. The highest BCUT2D eigenvalue weighted by molar-refractivity contribution is 8.22. The van der Waals surface area contributed by atoms with Crippen LogP contribution in [0.25, 0.3) is 0 Å². The summed E-state index contributed by atoms with van der Waals surface area (Å²) in [5.41, 5.74) is 0. The first-order valence-corrected chi connectivity index (χ1v) is 6.54.